The number of carbonyl (C=O) groups is 1. The van der Waals surface area contributed by atoms with Gasteiger partial charge < -0.3 is 24.7 Å². The molecule has 1 saturated heterocycles. The zero-order chi connectivity index (χ0) is 27.5. The van der Waals surface area contributed by atoms with Crippen molar-refractivity contribution >= 4 is 17.4 Å². The van der Waals surface area contributed by atoms with Crippen LogP contribution in [-0.4, -0.2) is 53.0 Å². The number of fused-ring (bicyclic) bond motifs is 1. The van der Waals surface area contributed by atoms with Crippen molar-refractivity contribution in [3.05, 3.63) is 90.0 Å². The minimum Gasteiger partial charge on any atom is -0.508 e. The van der Waals surface area contributed by atoms with Gasteiger partial charge in [0.05, 0.1) is 17.9 Å². The number of allylic oxidation sites excluding steroid dienone is 3. The third-order valence-corrected chi connectivity index (χ3v) is 7.08. The average molecular weight is 531 g/mol. The van der Waals surface area contributed by atoms with E-state index in [9.17, 15) is 15.0 Å². The largest absolute Gasteiger partial charge is 0.508 e. The molecule has 2 N–H and O–H groups in total. The SMILES string of the molecule is C=C1OCC/C=C/CC/C=C/C(=N\OCC(=O)N2CCC(Cc3ccccc3)CC2)Cc2cc(O)cc(O)c21. The second kappa shape index (κ2) is 14.2. The highest BCUT2D eigenvalue weighted by Gasteiger charge is 2.23. The van der Waals surface area contributed by atoms with E-state index >= 15 is 0 Å². The second-order valence-corrected chi connectivity index (χ2v) is 10.1. The van der Waals surface area contributed by atoms with Crippen LogP contribution in [0.4, 0.5) is 0 Å². The van der Waals surface area contributed by atoms with Gasteiger partial charge in [-0.3, -0.25) is 4.79 Å². The third-order valence-electron chi connectivity index (χ3n) is 7.08. The number of carbonyl (C=O) groups excluding carboxylic acids is 1. The van der Waals surface area contributed by atoms with Crippen molar-refractivity contribution in [1.82, 2.24) is 4.90 Å². The van der Waals surface area contributed by atoms with E-state index in [4.69, 9.17) is 9.57 Å². The van der Waals surface area contributed by atoms with Crippen LogP contribution in [0, 0.1) is 5.92 Å². The Balaban J connectivity index is 1.39. The number of amides is 1. The molecule has 2 aromatic rings. The van der Waals surface area contributed by atoms with Crippen LogP contribution in [0.3, 0.4) is 0 Å². The monoisotopic (exact) mass is 530 g/mol. The number of piperidine rings is 1. The molecule has 39 heavy (non-hydrogen) atoms. The first-order chi connectivity index (χ1) is 19.0. The van der Waals surface area contributed by atoms with Gasteiger partial charge in [0.15, 0.2) is 6.61 Å². The molecule has 2 aliphatic rings. The van der Waals surface area contributed by atoms with Crippen LogP contribution in [0.5, 0.6) is 11.5 Å². The lowest BCUT2D eigenvalue weighted by Crippen LogP contribution is -2.40. The number of ether oxygens (including phenoxy) is 1. The molecule has 2 aliphatic heterocycles. The molecule has 2 heterocycles. The van der Waals surface area contributed by atoms with Gasteiger partial charge in [-0.15, -0.1) is 0 Å². The van der Waals surface area contributed by atoms with Crippen molar-refractivity contribution < 1.29 is 24.6 Å². The van der Waals surface area contributed by atoms with Gasteiger partial charge >= 0.3 is 0 Å². The quantitative estimate of drug-likeness (QED) is 0.378. The Hall–Kier alpha value is -4.00. The summed E-state index contributed by atoms with van der Waals surface area (Å²) in [4.78, 5) is 20.2. The topological polar surface area (TPSA) is 91.6 Å². The Labute approximate surface area is 230 Å². The summed E-state index contributed by atoms with van der Waals surface area (Å²) >= 11 is 0. The molecule has 2 aromatic carbocycles. The van der Waals surface area contributed by atoms with E-state index in [1.54, 1.807) is 6.07 Å². The molecule has 0 aliphatic carbocycles. The number of hydrogen-bond donors (Lipinski definition) is 2. The standard InChI is InChI=1S/C32H38N2O5/c1-24-32-27(21-29(35)22-30(32)36)20-28(13-9-4-2-3-5-10-18-38-24)33-39-23-31(37)34-16-14-26(15-17-34)19-25-11-7-6-8-12-25/h3,5-9,11-13,21-22,26,35-36H,1-2,4,10,14-20,23H2/b5-3+,13-9+,33-28+. The van der Waals surface area contributed by atoms with E-state index in [1.807, 2.05) is 23.1 Å². The molecule has 0 aromatic heterocycles. The van der Waals surface area contributed by atoms with Gasteiger partial charge in [0.25, 0.3) is 5.91 Å². The molecule has 0 atom stereocenters. The fourth-order valence-electron chi connectivity index (χ4n) is 5.01. The van der Waals surface area contributed by atoms with Crippen molar-refractivity contribution in [1.29, 1.82) is 0 Å². The first kappa shape index (κ1) is 28.0. The minimum absolute atomic E-state index is 0.0711. The summed E-state index contributed by atoms with van der Waals surface area (Å²) in [7, 11) is 0. The highest BCUT2D eigenvalue weighted by atomic mass is 16.6. The lowest BCUT2D eigenvalue weighted by molar-refractivity contribution is -0.137. The zero-order valence-electron chi connectivity index (χ0n) is 22.4. The van der Waals surface area contributed by atoms with Crippen LogP contribution in [0.2, 0.25) is 0 Å². The molecular weight excluding hydrogens is 492 g/mol. The predicted molar refractivity (Wildman–Crippen MR) is 153 cm³/mol. The van der Waals surface area contributed by atoms with Crippen molar-refractivity contribution in [2.75, 3.05) is 26.3 Å². The molecule has 0 unspecified atom stereocenters. The summed E-state index contributed by atoms with van der Waals surface area (Å²) in [5.41, 5.74) is 2.92. The highest BCUT2D eigenvalue weighted by Crippen LogP contribution is 2.33. The van der Waals surface area contributed by atoms with Gasteiger partial charge in [-0.25, -0.2) is 0 Å². The normalized spacial score (nSPS) is 19.9. The first-order valence-electron chi connectivity index (χ1n) is 13.7. The second-order valence-electron chi connectivity index (χ2n) is 10.1. The smallest absolute Gasteiger partial charge is 0.263 e. The molecule has 1 fully saturated rings. The Kier molecular flexibility index (Phi) is 10.2. The van der Waals surface area contributed by atoms with Crippen molar-refractivity contribution in [2.45, 2.75) is 44.9 Å². The van der Waals surface area contributed by atoms with Crippen LogP contribution in [0.25, 0.3) is 5.76 Å². The highest BCUT2D eigenvalue weighted by molar-refractivity contribution is 5.97. The van der Waals surface area contributed by atoms with Crippen molar-refractivity contribution in [3.63, 3.8) is 0 Å². The van der Waals surface area contributed by atoms with Crippen LogP contribution >= 0.6 is 0 Å². The molecular formula is C32H38N2O5. The zero-order valence-corrected chi connectivity index (χ0v) is 22.4. The Bertz CT molecular complexity index is 1210. The number of oxime groups is 1. The maximum atomic E-state index is 12.8. The molecule has 0 spiro atoms. The van der Waals surface area contributed by atoms with Crippen LogP contribution < -0.4 is 0 Å². The third kappa shape index (κ3) is 8.50. The van der Waals surface area contributed by atoms with Gasteiger partial charge in [-0.1, -0.05) is 60.3 Å². The van der Waals surface area contributed by atoms with Crippen molar-refractivity contribution in [3.8, 4) is 11.5 Å². The van der Waals surface area contributed by atoms with E-state index in [1.165, 1.54) is 11.6 Å². The van der Waals surface area contributed by atoms with Crippen molar-refractivity contribution in [2.24, 2.45) is 11.1 Å². The fourth-order valence-corrected chi connectivity index (χ4v) is 5.01. The summed E-state index contributed by atoms with van der Waals surface area (Å²) in [5, 5.41) is 24.9. The number of benzene rings is 2. The van der Waals surface area contributed by atoms with Gasteiger partial charge in [-0.05, 0) is 67.7 Å². The molecule has 7 heteroatoms. The first-order valence-corrected chi connectivity index (χ1v) is 13.7. The average Bonchev–Trinajstić information content (AvgIpc) is 2.92. The van der Waals surface area contributed by atoms with E-state index in [2.05, 4.69) is 48.2 Å². The maximum absolute atomic E-state index is 12.8. The summed E-state index contributed by atoms with van der Waals surface area (Å²) < 4.78 is 5.76. The number of aromatic hydroxyl groups is 2. The number of likely N-dealkylation sites (tertiary alicyclic amines) is 1. The molecule has 0 radical (unpaired) electrons. The summed E-state index contributed by atoms with van der Waals surface area (Å²) in [6.45, 7) is 5.71. The number of nitrogens with zero attached hydrogens (tertiary/aromatic N) is 2. The molecule has 1 amide bonds. The fraction of sp³-hybridized carbons (Fsp3) is 0.375. The molecule has 7 nitrogen and oxygen atoms in total. The van der Waals surface area contributed by atoms with E-state index in [0.29, 0.717) is 35.1 Å². The van der Waals surface area contributed by atoms with Crippen LogP contribution in [0.1, 0.15) is 48.8 Å². The number of phenolic OH excluding ortho intramolecular Hbond substituents is 2. The van der Waals surface area contributed by atoms with E-state index in [-0.39, 0.29) is 30.4 Å². The lowest BCUT2D eigenvalue weighted by atomic mass is 9.90. The summed E-state index contributed by atoms with van der Waals surface area (Å²) in [6.07, 6.45) is 13.7. The van der Waals surface area contributed by atoms with Crippen LogP contribution in [0.15, 0.2) is 78.5 Å². The molecule has 0 bridgehead atoms. The van der Waals surface area contributed by atoms with Gasteiger partial charge in [0, 0.05) is 25.6 Å². The van der Waals surface area contributed by atoms with Crippen LogP contribution in [-0.2, 0) is 27.2 Å². The van der Waals surface area contributed by atoms with Gasteiger partial charge in [0.2, 0.25) is 0 Å². The van der Waals surface area contributed by atoms with E-state index < -0.39 is 0 Å². The molecule has 206 valence electrons. The maximum Gasteiger partial charge on any atom is 0.263 e. The Morgan fingerprint density at radius 3 is 2.59 bits per heavy atom. The molecule has 4 rings (SSSR count). The van der Waals surface area contributed by atoms with Gasteiger partial charge in [-0.2, -0.15) is 0 Å². The summed E-state index contributed by atoms with van der Waals surface area (Å²) in [5.74, 6) is 0.632. The van der Waals surface area contributed by atoms with Gasteiger partial charge in [0.1, 0.15) is 17.3 Å². The lowest BCUT2D eigenvalue weighted by Gasteiger charge is -2.31. The van der Waals surface area contributed by atoms with E-state index in [0.717, 1.165) is 51.6 Å². The number of phenols is 2. The Morgan fingerprint density at radius 1 is 1.05 bits per heavy atom. The number of hydrogen-bond acceptors (Lipinski definition) is 6. The Morgan fingerprint density at radius 2 is 1.79 bits per heavy atom. The molecule has 0 saturated carbocycles. The minimum atomic E-state index is -0.141. The number of rotatable bonds is 5. The predicted octanol–water partition coefficient (Wildman–Crippen LogP) is 5.78. The summed E-state index contributed by atoms with van der Waals surface area (Å²) in [6, 6.07) is 13.3.